The number of carbonyl (C=O) groups excluding carboxylic acids is 2. The molecule has 0 spiro atoms. The van der Waals surface area contributed by atoms with Gasteiger partial charge in [0.15, 0.2) is 0 Å². The highest BCUT2D eigenvalue weighted by Crippen LogP contribution is 2.23. The summed E-state index contributed by atoms with van der Waals surface area (Å²) in [6.07, 6.45) is 1.63. The molecule has 132 valence electrons. The van der Waals surface area contributed by atoms with Crippen LogP contribution in [0.3, 0.4) is 0 Å². The molecule has 2 amide bonds. The average molecular weight is 339 g/mol. The van der Waals surface area contributed by atoms with Crippen molar-refractivity contribution in [3.05, 3.63) is 42.5 Å². The van der Waals surface area contributed by atoms with E-state index in [1.165, 1.54) is 0 Å². The zero-order chi connectivity index (χ0) is 17.6. The number of carbonyl (C=O) groups is 2. The van der Waals surface area contributed by atoms with Gasteiger partial charge in [-0.1, -0.05) is 36.4 Å². The number of piperidine rings is 1. The number of amides is 2. The van der Waals surface area contributed by atoms with Crippen molar-refractivity contribution in [2.75, 3.05) is 31.5 Å². The Hall–Kier alpha value is -2.40. The van der Waals surface area contributed by atoms with E-state index in [-0.39, 0.29) is 17.7 Å². The normalized spacial score (nSPS) is 15.9. The van der Waals surface area contributed by atoms with E-state index in [0.717, 1.165) is 42.4 Å². The molecule has 1 aliphatic rings. The third-order valence-corrected chi connectivity index (χ3v) is 4.74. The molecule has 0 aromatic heterocycles. The maximum absolute atomic E-state index is 12.4. The molecular formula is C20H25N3O2. The first kappa shape index (κ1) is 17.4. The standard InChI is InChI=1S/C20H25N3O2/c1-2-21-20(25)16-10-12-23(13-11-16)14-19(24)22-18-9-5-7-15-6-3-4-8-17(15)18/h3-9,16H,2,10-14H2,1H3,(H,21,25)(H,22,24). The van der Waals surface area contributed by atoms with Crippen LogP contribution in [0.4, 0.5) is 5.69 Å². The van der Waals surface area contributed by atoms with Gasteiger partial charge >= 0.3 is 0 Å². The second-order valence-electron chi connectivity index (χ2n) is 6.52. The van der Waals surface area contributed by atoms with Gasteiger partial charge in [-0.15, -0.1) is 0 Å². The van der Waals surface area contributed by atoms with E-state index in [9.17, 15) is 9.59 Å². The molecule has 0 aliphatic carbocycles. The Bertz CT molecular complexity index is 746. The number of rotatable bonds is 5. The summed E-state index contributed by atoms with van der Waals surface area (Å²) in [6.45, 7) is 4.54. The van der Waals surface area contributed by atoms with Crippen LogP contribution in [-0.4, -0.2) is 42.9 Å². The average Bonchev–Trinajstić information content (AvgIpc) is 2.63. The minimum absolute atomic E-state index is 0.00665. The number of nitrogens with one attached hydrogen (secondary N) is 2. The van der Waals surface area contributed by atoms with Crippen molar-refractivity contribution < 1.29 is 9.59 Å². The summed E-state index contributed by atoms with van der Waals surface area (Å²) in [5, 5.41) is 8.07. The van der Waals surface area contributed by atoms with Crippen LogP contribution in [0.2, 0.25) is 0 Å². The van der Waals surface area contributed by atoms with Gasteiger partial charge in [0.2, 0.25) is 11.8 Å². The summed E-state index contributed by atoms with van der Waals surface area (Å²) in [5.74, 6) is 0.215. The number of hydrogen-bond acceptors (Lipinski definition) is 3. The molecule has 0 unspecified atom stereocenters. The van der Waals surface area contributed by atoms with E-state index in [4.69, 9.17) is 0 Å². The first-order valence-electron chi connectivity index (χ1n) is 8.95. The number of hydrogen-bond donors (Lipinski definition) is 2. The van der Waals surface area contributed by atoms with Crippen molar-refractivity contribution in [3.63, 3.8) is 0 Å². The van der Waals surface area contributed by atoms with Crippen molar-refractivity contribution in [1.29, 1.82) is 0 Å². The first-order valence-corrected chi connectivity index (χ1v) is 8.95. The van der Waals surface area contributed by atoms with Gasteiger partial charge in [0.25, 0.3) is 0 Å². The summed E-state index contributed by atoms with van der Waals surface area (Å²) >= 11 is 0. The van der Waals surface area contributed by atoms with Gasteiger partial charge < -0.3 is 10.6 Å². The van der Waals surface area contributed by atoms with Gasteiger partial charge in [0, 0.05) is 23.5 Å². The fourth-order valence-electron chi connectivity index (χ4n) is 3.40. The van der Waals surface area contributed by atoms with Crippen molar-refractivity contribution in [3.8, 4) is 0 Å². The van der Waals surface area contributed by atoms with E-state index in [1.807, 2.05) is 49.4 Å². The molecule has 2 aromatic carbocycles. The quantitative estimate of drug-likeness (QED) is 0.880. The van der Waals surface area contributed by atoms with E-state index in [1.54, 1.807) is 0 Å². The zero-order valence-corrected chi connectivity index (χ0v) is 14.6. The summed E-state index contributed by atoms with van der Waals surface area (Å²) < 4.78 is 0. The lowest BCUT2D eigenvalue weighted by Gasteiger charge is -2.30. The molecule has 1 aliphatic heterocycles. The fraction of sp³-hybridized carbons (Fsp3) is 0.400. The number of fused-ring (bicyclic) bond motifs is 1. The van der Waals surface area contributed by atoms with Crippen molar-refractivity contribution in [1.82, 2.24) is 10.2 Å². The first-order chi connectivity index (χ1) is 12.2. The minimum atomic E-state index is -0.00665. The minimum Gasteiger partial charge on any atom is -0.356 e. The lowest BCUT2D eigenvalue weighted by Crippen LogP contribution is -2.43. The second kappa shape index (κ2) is 8.12. The van der Waals surface area contributed by atoms with Crippen LogP contribution in [-0.2, 0) is 9.59 Å². The Morgan fingerprint density at radius 1 is 1.08 bits per heavy atom. The SMILES string of the molecule is CCNC(=O)C1CCN(CC(=O)Nc2cccc3ccccc23)CC1. The van der Waals surface area contributed by atoms with Crippen LogP contribution in [0.15, 0.2) is 42.5 Å². The second-order valence-corrected chi connectivity index (χ2v) is 6.52. The molecule has 5 nitrogen and oxygen atoms in total. The van der Waals surface area contributed by atoms with Crippen LogP contribution >= 0.6 is 0 Å². The number of anilines is 1. The van der Waals surface area contributed by atoms with Crippen LogP contribution in [0.5, 0.6) is 0 Å². The highest BCUT2D eigenvalue weighted by Gasteiger charge is 2.25. The maximum Gasteiger partial charge on any atom is 0.238 e. The summed E-state index contributed by atoms with van der Waals surface area (Å²) in [6, 6.07) is 13.9. The number of benzene rings is 2. The van der Waals surface area contributed by atoms with E-state index in [0.29, 0.717) is 13.1 Å². The van der Waals surface area contributed by atoms with Crippen molar-refractivity contribution in [2.45, 2.75) is 19.8 Å². The largest absolute Gasteiger partial charge is 0.356 e. The van der Waals surface area contributed by atoms with E-state index < -0.39 is 0 Å². The van der Waals surface area contributed by atoms with Crippen LogP contribution in [0.1, 0.15) is 19.8 Å². The van der Waals surface area contributed by atoms with Gasteiger partial charge in [-0.2, -0.15) is 0 Å². The third-order valence-electron chi connectivity index (χ3n) is 4.74. The molecule has 1 saturated heterocycles. The van der Waals surface area contributed by atoms with E-state index >= 15 is 0 Å². The molecule has 0 bridgehead atoms. The van der Waals surface area contributed by atoms with Gasteiger partial charge in [0.1, 0.15) is 0 Å². The molecular weight excluding hydrogens is 314 g/mol. The summed E-state index contributed by atoms with van der Waals surface area (Å²) in [7, 11) is 0. The molecule has 2 aromatic rings. The monoisotopic (exact) mass is 339 g/mol. The lowest BCUT2D eigenvalue weighted by molar-refractivity contribution is -0.126. The molecule has 0 saturated carbocycles. The molecule has 2 N–H and O–H groups in total. The Labute approximate surface area is 148 Å². The summed E-state index contributed by atoms with van der Waals surface area (Å²) in [5.41, 5.74) is 0.848. The highest BCUT2D eigenvalue weighted by molar-refractivity contribution is 6.02. The predicted octanol–water partition coefficient (Wildman–Crippen LogP) is 2.63. The molecule has 0 radical (unpaired) electrons. The van der Waals surface area contributed by atoms with Crippen molar-refractivity contribution in [2.24, 2.45) is 5.92 Å². The summed E-state index contributed by atoms with van der Waals surface area (Å²) in [4.78, 5) is 26.4. The van der Waals surface area contributed by atoms with Gasteiger partial charge in [-0.3, -0.25) is 14.5 Å². The molecule has 3 rings (SSSR count). The molecule has 1 fully saturated rings. The van der Waals surface area contributed by atoms with Gasteiger partial charge in [-0.25, -0.2) is 0 Å². The Balaban J connectivity index is 1.54. The zero-order valence-electron chi connectivity index (χ0n) is 14.6. The van der Waals surface area contributed by atoms with Crippen molar-refractivity contribution >= 4 is 28.3 Å². The van der Waals surface area contributed by atoms with Crippen LogP contribution in [0, 0.1) is 5.92 Å². The molecule has 5 heteroatoms. The van der Waals surface area contributed by atoms with Gasteiger partial charge in [0.05, 0.1) is 6.54 Å². The molecule has 1 heterocycles. The Morgan fingerprint density at radius 3 is 2.56 bits per heavy atom. The highest BCUT2D eigenvalue weighted by atomic mass is 16.2. The molecule has 25 heavy (non-hydrogen) atoms. The third kappa shape index (κ3) is 4.37. The number of likely N-dealkylation sites (tertiary alicyclic amines) is 1. The maximum atomic E-state index is 12.4. The molecule has 0 atom stereocenters. The van der Waals surface area contributed by atoms with Gasteiger partial charge in [-0.05, 0) is 44.3 Å². The Morgan fingerprint density at radius 2 is 1.80 bits per heavy atom. The lowest BCUT2D eigenvalue weighted by atomic mass is 9.96. The van der Waals surface area contributed by atoms with Crippen LogP contribution < -0.4 is 10.6 Å². The smallest absolute Gasteiger partial charge is 0.238 e. The van der Waals surface area contributed by atoms with Crippen LogP contribution in [0.25, 0.3) is 10.8 Å². The fourth-order valence-corrected chi connectivity index (χ4v) is 3.40. The number of nitrogens with zero attached hydrogens (tertiary/aromatic N) is 1. The Kier molecular flexibility index (Phi) is 5.66. The van der Waals surface area contributed by atoms with E-state index in [2.05, 4.69) is 15.5 Å². The predicted molar refractivity (Wildman–Crippen MR) is 100 cm³/mol. The topological polar surface area (TPSA) is 61.4 Å².